The maximum Gasteiger partial charge on any atom is 0.267 e. The lowest BCUT2D eigenvalue weighted by molar-refractivity contribution is 0.0949. The van der Waals surface area contributed by atoms with Crippen LogP contribution in [0.2, 0.25) is 0 Å². The number of H-pyrrole nitrogens is 1. The Bertz CT molecular complexity index is 1030. The molecule has 1 amide bonds. The lowest BCUT2D eigenvalue weighted by atomic mass is 10.2. The van der Waals surface area contributed by atoms with Gasteiger partial charge < -0.3 is 15.0 Å². The molecule has 2 aromatic carbocycles. The molecule has 7 heteroatoms. The molecule has 0 unspecified atom stereocenters. The second-order valence-electron chi connectivity index (χ2n) is 6.32. The molecule has 6 nitrogen and oxygen atoms in total. The Labute approximate surface area is 158 Å². The minimum absolute atomic E-state index is 0.0195. The minimum atomic E-state index is -3.20. The Morgan fingerprint density at radius 1 is 1.11 bits per heavy atom. The van der Waals surface area contributed by atoms with E-state index in [-0.39, 0.29) is 17.4 Å². The number of hydrogen-bond donors (Lipinski definition) is 2. The maximum absolute atomic E-state index is 12.3. The van der Waals surface area contributed by atoms with E-state index in [2.05, 4.69) is 10.3 Å². The van der Waals surface area contributed by atoms with Crippen molar-refractivity contribution >= 4 is 26.6 Å². The molecule has 27 heavy (non-hydrogen) atoms. The molecule has 0 fully saturated rings. The summed E-state index contributed by atoms with van der Waals surface area (Å²) in [4.78, 5) is 15.3. The van der Waals surface area contributed by atoms with Crippen molar-refractivity contribution in [1.29, 1.82) is 0 Å². The van der Waals surface area contributed by atoms with Crippen LogP contribution in [0.25, 0.3) is 10.9 Å². The zero-order valence-corrected chi connectivity index (χ0v) is 15.9. The van der Waals surface area contributed by atoms with Crippen LogP contribution in [0, 0.1) is 0 Å². The second kappa shape index (κ2) is 8.26. The first-order valence-electron chi connectivity index (χ1n) is 8.66. The summed E-state index contributed by atoms with van der Waals surface area (Å²) >= 11 is 0. The van der Waals surface area contributed by atoms with E-state index in [0.29, 0.717) is 24.4 Å². The molecule has 142 valence electrons. The molecule has 1 heterocycles. The third kappa shape index (κ3) is 5.10. The first kappa shape index (κ1) is 19.0. The van der Waals surface area contributed by atoms with Crippen LogP contribution in [0.5, 0.6) is 5.75 Å². The van der Waals surface area contributed by atoms with Crippen LogP contribution in [0.15, 0.2) is 54.6 Å². The molecule has 0 aliphatic heterocycles. The molecule has 0 aliphatic carbocycles. The van der Waals surface area contributed by atoms with Crippen LogP contribution >= 0.6 is 0 Å². The smallest absolute Gasteiger partial charge is 0.267 e. The zero-order valence-electron chi connectivity index (χ0n) is 15.1. The van der Waals surface area contributed by atoms with Crippen molar-refractivity contribution in [3.05, 3.63) is 65.9 Å². The molecule has 0 spiro atoms. The van der Waals surface area contributed by atoms with Crippen molar-refractivity contribution in [2.24, 2.45) is 0 Å². The third-order valence-electron chi connectivity index (χ3n) is 4.22. The Hall–Kier alpha value is -2.80. The molecule has 3 aromatic rings. The van der Waals surface area contributed by atoms with E-state index in [1.165, 1.54) is 0 Å². The number of rotatable bonds is 8. The average Bonchev–Trinajstić information content (AvgIpc) is 3.08. The minimum Gasteiger partial charge on any atom is -0.497 e. The van der Waals surface area contributed by atoms with E-state index < -0.39 is 9.84 Å². The number of ether oxygens (including phenoxy) is 1. The standard InChI is InChI=1S/C20H22N2O4S/c1-26-17-9-8-16-12-19(22-18(16)13-17)20(23)21-10-5-11-27(24,25)14-15-6-3-2-4-7-15/h2-4,6-9,12-13,22H,5,10-11,14H2,1H3,(H,21,23). The molecule has 3 rings (SSSR count). The van der Waals surface area contributed by atoms with Crippen LogP contribution in [-0.2, 0) is 15.6 Å². The Morgan fingerprint density at radius 3 is 2.63 bits per heavy atom. The van der Waals surface area contributed by atoms with Gasteiger partial charge in [-0.3, -0.25) is 4.79 Å². The highest BCUT2D eigenvalue weighted by molar-refractivity contribution is 7.90. The highest BCUT2D eigenvalue weighted by Gasteiger charge is 2.13. The largest absolute Gasteiger partial charge is 0.497 e. The van der Waals surface area contributed by atoms with Gasteiger partial charge in [-0.25, -0.2) is 8.42 Å². The van der Waals surface area contributed by atoms with Crippen molar-refractivity contribution in [3.63, 3.8) is 0 Å². The van der Waals surface area contributed by atoms with Gasteiger partial charge in [-0.05, 0) is 30.2 Å². The summed E-state index contributed by atoms with van der Waals surface area (Å²) in [5.41, 5.74) is 2.02. The van der Waals surface area contributed by atoms with Crippen molar-refractivity contribution in [1.82, 2.24) is 10.3 Å². The topological polar surface area (TPSA) is 88.3 Å². The van der Waals surface area contributed by atoms with E-state index in [9.17, 15) is 13.2 Å². The number of sulfone groups is 1. The van der Waals surface area contributed by atoms with Crippen molar-refractivity contribution in [2.45, 2.75) is 12.2 Å². The lowest BCUT2D eigenvalue weighted by Crippen LogP contribution is -2.26. The lowest BCUT2D eigenvalue weighted by Gasteiger charge is -2.06. The van der Waals surface area contributed by atoms with Crippen molar-refractivity contribution < 1.29 is 17.9 Å². The molecule has 1 aromatic heterocycles. The fraction of sp³-hybridized carbons (Fsp3) is 0.250. The second-order valence-corrected chi connectivity index (χ2v) is 8.51. The van der Waals surface area contributed by atoms with Gasteiger partial charge in [0.15, 0.2) is 9.84 Å². The average molecular weight is 386 g/mol. The Kier molecular flexibility index (Phi) is 5.81. The van der Waals surface area contributed by atoms with Crippen molar-refractivity contribution in [3.8, 4) is 5.75 Å². The number of carbonyl (C=O) groups excluding carboxylic acids is 1. The number of fused-ring (bicyclic) bond motifs is 1. The van der Waals surface area contributed by atoms with Gasteiger partial charge in [-0.15, -0.1) is 0 Å². The van der Waals surface area contributed by atoms with Gasteiger partial charge in [-0.1, -0.05) is 30.3 Å². The number of carbonyl (C=O) groups is 1. The van der Waals surface area contributed by atoms with Crippen LogP contribution in [0.3, 0.4) is 0 Å². The molecular formula is C20H22N2O4S. The van der Waals surface area contributed by atoms with E-state index in [4.69, 9.17) is 4.74 Å². The molecule has 0 radical (unpaired) electrons. The molecule has 2 N–H and O–H groups in total. The fourth-order valence-corrected chi connectivity index (χ4v) is 4.27. The zero-order chi connectivity index (χ0) is 19.3. The Balaban J connectivity index is 1.51. The summed E-state index contributed by atoms with van der Waals surface area (Å²) in [6, 6.07) is 16.4. The Morgan fingerprint density at radius 2 is 1.89 bits per heavy atom. The van der Waals surface area contributed by atoms with E-state index >= 15 is 0 Å². The van der Waals surface area contributed by atoms with E-state index in [1.54, 1.807) is 25.3 Å². The SMILES string of the molecule is COc1ccc2cc(C(=O)NCCCS(=O)(=O)Cc3ccccc3)[nH]c2c1. The quantitative estimate of drug-likeness (QED) is 0.583. The van der Waals surface area contributed by atoms with Crippen LogP contribution < -0.4 is 10.1 Å². The summed E-state index contributed by atoms with van der Waals surface area (Å²) in [7, 11) is -1.61. The first-order valence-corrected chi connectivity index (χ1v) is 10.5. The maximum atomic E-state index is 12.3. The number of aromatic nitrogens is 1. The number of methoxy groups -OCH3 is 1. The number of amides is 1. The summed E-state index contributed by atoms with van der Waals surface area (Å²) in [6.07, 6.45) is 0.370. The number of aromatic amines is 1. The summed E-state index contributed by atoms with van der Waals surface area (Å²) < 4.78 is 29.5. The summed E-state index contributed by atoms with van der Waals surface area (Å²) in [5, 5.41) is 3.67. The fourth-order valence-electron chi connectivity index (χ4n) is 2.85. The van der Waals surface area contributed by atoms with E-state index in [0.717, 1.165) is 16.5 Å². The molecule has 0 atom stereocenters. The third-order valence-corrected chi connectivity index (χ3v) is 5.91. The van der Waals surface area contributed by atoms with Gasteiger partial charge in [0.25, 0.3) is 5.91 Å². The first-order chi connectivity index (χ1) is 13.0. The predicted molar refractivity (Wildman–Crippen MR) is 106 cm³/mol. The number of hydrogen-bond acceptors (Lipinski definition) is 4. The van der Waals surface area contributed by atoms with Gasteiger partial charge in [-0.2, -0.15) is 0 Å². The number of nitrogens with one attached hydrogen (secondary N) is 2. The van der Waals surface area contributed by atoms with Crippen molar-refractivity contribution in [2.75, 3.05) is 19.4 Å². The van der Waals surface area contributed by atoms with Crippen LogP contribution in [-0.4, -0.2) is 38.7 Å². The molecule has 0 bridgehead atoms. The van der Waals surface area contributed by atoms with Gasteiger partial charge in [0.05, 0.1) is 18.6 Å². The monoisotopic (exact) mass is 386 g/mol. The summed E-state index contributed by atoms with van der Waals surface area (Å²) in [6.45, 7) is 0.297. The highest BCUT2D eigenvalue weighted by Crippen LogP contribution is 2.21. The molecule has 0 saturated carbocycles. The van der Waals surface area contributed by atoms with Gasteiger partial charge in [0.1, 0.15) is 11.4 Å². The molecule has 0 saturated heterocycles. The van der Waals surface area contributed by atoms with Crippen LogP contribution in [0.4, 0.5) is 0 Å². The molecule has 0 aliphatic rings. The number of benzene rings is 2. The normalized spacial score (nSPS) is 11.4. The van der Waals surface area contributed by atoms with Crippen LogP contribution in [0.1, 0.15) is 22.5 Å². The van der Waals surface area contributed by atoms with Gasteiger partial charge in [0, 0.05) is 23.5 Å². The van der Waals surface area contributed by atoms with Gasteiger partial charge in [0.2, 0.25) is 0 Å². The van der Waals surface area contributed by atoms with Gasteiger partial charge >= 0.3 is 0 Å². The predicted octanol–water partition coefficient (Wildman–Crippen LogP) is 2.91. The van der Waals surface area contributed by atoms with E-state index in [1.807, 2.05) is 36.4 Å². The summed E-state index contributed by atoms with van der Waals surface area (Å²) in [5.74, 6) is 0.503. The highest BCUT2D eigenvalue weighted by atomic mass is 32.2. The molecular weight excluding hydrogens is 364 g/mol.